The Morgan fingerprint density at radius 3 is 2.41 bits per heavy atom. The van der Waals surface area contributed by atoms with E-state index in [1.807, 2.05) is 43.3 Å². The molecule has 2 aliphatic heterocycles. The first-order valence-electron chi connectivity index (χ1n) is 8.77. The van der Waals surface area contributed by atoms with E-state index in [1.54, 1.807) is 25.2 Å². The van der Waals surface area contributed by atoms with Gasteiger partial charge in [0.15, 0.2) is 5.78 Å². The fourth-order valence-corrected chi connectivity index (χ4v) is 3.68. The van der Waals surface area contributed by atoms with E-state index < -0.39 is 6.04 Å². The van der Waals surface area contributed by atoms with Crippen molar-refractivity contribution in [3.8, 4) is 11.5 Å². The van der Waals surface area contributed by atoms with Gasteiger partial charge in [-0.15, -0.1) is 0 Å². The molecule has 1 saturated heterocycles. The van der Waals surface area contributed by atoms with E-state index in [1.165, 1.54) is 0 Å². The summed E-state index contributed by atoms with van der Waals surface area (Å²) in [5, 5.41) is 12.0. The minimum absolute atomic E-state index is 0.0582. The molecule has 4 rings (SSSR count). The van der Waals surface area contributed by atoms with E-state index in [-0.39, 0.29) is 11.6 Å². The van der Waals surface area contributed by atoms with E-state index in [9.17, 15) is 4.79 Å². The molecule has 1 fully saturated rings. The Bertz CT molecular complexity index is 931. The van der Waals surface area contributed by atoms with Crippen molar-refractivity contribution in [1.29, 1.82) is 5.41 Å². The van der Waals surface area contributed by atoms with Crippen LogP contribution in [0.1, 0.15) is 12.5 Å². The van der Waals surface area contributed by atoms with Crippen molar-refractivity contribution >= 4 is 23.0 Å². The number of carbonyl (C=O) groups is 1. The van der Waals surface area contributed by atoms with Gasteiger partial charge in [0.1, 0.15) is 17.3 Å². The molecule has 27 heavy (non-hydrogen) atoms. The highest BCUT2D eigenvalue weighted by molar-refractivity contribution is 6.35. The number of rotatable bonds is 3. The van der Waals surface area contributed by atoms with Gasteiger partial charge in [-0.3, -0.25) is 10.2 Å². The second-order valence-electron chi connectivity index (χ2n) is 6.64. The average molecular weight is 363 g/mol. The second-order valence-corrected chi connectivity index (χ2v) is 6.64. The fraction of sp³-hybridized carbons (Fsp3) is 0.238. The normalized spacial score (nSPS) is 21.3. The number of nitrogens with zero attached hydrogens (tertiary/aromatic N) is 1. The lowest BCUT2D eigenvalue weighted by atomic mass is 10.1. The summed E-state index contributed by atoms with van der Waals surface area (Å²) in [6, 6.07) is 12.9. The van der Waals surface area contributed by atoms with Crippen molar-refractivity contribution in [3.05, 3.63) is 59.3 Å². The first-order chi connectivity index (χ1) is 13.0. The molecule has 0 aliphatic carbocycles. The van der Waals surface area contributed by atoms with Gasteiger partial charge in [-0.05, 0) is 18.6 Å². The Balaban J connectivity index is 1.75. The van der Waals surface area contributed by atoms with E-state index >= 15 is 0 Å². The molecule has 0 aromatic heterocycles. The highest BCUT2D eigenvalue weighted by Crippen LogP contribution is 2.37. The molecule has 0 saturated carbocycles. The molecular weight excluding hydrogens is 342 g/mol. The zero-order valence-corrected chi connectivity index (χ0v) is 15.5. The van der Waals surface area contributed by atoms with Gasteiger partial charge in [0.05, 0.1) is 31.5 Å². The third-order valence-electron chi connectivity index (χ3n) is 5.08. The monoisotopic (exact) mass is 363 g/mol. The molecule has 6 nitrogen and oxygen atoms in total. The van der Waals surface area contributed by atoms with Crippen molar-refractivity contribution in [2.24, 2.45) is 0 Å². The SMILES string of the molecule is COc1cc(OC)cc(N2C(=N)C(=C3Cc4ccccc4N3)C(=O)[C@@H]2C)c1. The predicted molar refractivity (Wildman–Crippen MR) is 105 cm³/mol. The lowest BCUT2D eigenvalue weighted by molar-refractivity contribution is -0.115. The number of ether oxygens (including phenoxy) is 2. The summed E-state index contributed by atoms with van der Waals surface area (Å²) < 4.78 is 10.7. The number of anilines is 2. The lowest BCUT2D eigenvalue weighted by Crippen LogP contribution is -2.32. The quantitative estimate of drug-likeness (QED) is 0.818. The van der Waals surface area contributed by atoms with Gasteiger partial charge < -0.3 is 19.7 Å². The molecule has 0 spiro atoms. The summed E-state index contributed by atoms with van der Waals surface area (Å²) >= 11 is 0. The van der Waals surface area contributed by atoms with Gasteiger partial charge in [0, 0.05) is 36.0 Å². The van der Waals surface area contributed by atoms with Crippen molar-refractivity contribution in [2.75, 3.05) is 24.4 Å². The van der Waals surface area contributed by atoms with Crippen LogP contribution in [0.3, 0.4) is 0 Å². The van der Waals surface area contributed by atoms with Gasteiger partial charge in [0.2, 0.25) is 0 Å². The Kier molecular flexibility index (Phi) is 4.11. The summed E-state index contributed by atoms with van der Waals surface area (Å²) in [5.74, 6) is 1.36. The van der Waals surface area contributed by atoms with E-state index in [0.717, 1.165) is 16.9 Å². The number of hydrogen-bond donors (Lipinski definition) is 2. The number of fused-ring (bicyclic) bond motifs is 1. The van der Waals surface area contributed by atoms with Crippen LogP contribution in [0.15, 0.2) is 53.7 Å². The number of carbonyl (C=O) groups excluding carboxylic acids is 1. The topological polar surface area (TPSA) is 74.7 Å². The maximum Gasteiger partial charge on any atom is 0.190 e. The molecule has 2 heterocycles. The minimum atomic E-state index is -0.470. The van der Waals surface area contributed by atoms with Crippen LogP contribution in [0.4, 0.5) is 11.4 Å². The third kappa shape index (κ3) is 2.73. The van der Waals surface area contributed by atoms with Crippen molar-refractivity contribution < 1.29 is 14.3 Å². The molecule has 6 heteroatoms. The molecule has 0 unspecified atom stereocenters. The second kappa shape index (κ2) is 6.46. The number of nitrogens with one attached hydrogen (secondary N) is 2. The smallest absolute Gasteiger partial charge is 0.190 e. The van der Waals surface area contributed by atoms with Crippen molar-refractivity contribution in [2.45, 2.75) is 19.4 Å². The molecule has 2 aliphatic rings. The zero-order valence-electron chi connectivity index (χ0n) is 15.5. The van der Waals surface area contributed by atoms with E-state index in [2.05, 4.69) is 5.32 Å². The first kappa shape index (κ1) is 17.1. The molecule has 138 valence electrons. The Labute approximate surface area is 157 Å². The van der Waals surface area contributed by atoms with E-state index in [4.69, 9.17) is 14.9 Å². The number of methoxy groups -OCH3 is 2. The van der Waals surface area contributed by atoms with Crippen LogP contribution in [0.2, 0.25) is 0 Å². The van der Waals surface area contributed by atoms with Crippen LogP contribution in [0, 0.1) is 5.41 Å². The predicted octanol–water partition coefficient (Wildman–Crippen LogP) is 3.38. The average Bonchev–Trinajstić information content (AvgIpc) is 3.19. The number of benzene rings is 2. The molecule has 2 aromatic carbocycles. The van der Waals surface area contributed by atoms with Crippen LogP contribution in [-0.2, 0) is 11.2 Å². The van der Waals surface area contributed by atoms with Crippen LogP contribution in [0.25, 0.3) is 0 Å². The lowest BCUT2D eigenvalue weighted by Gasteiger charge is -2.23. The number of para-hydroxylation sites is 1. The van der Waals surface area contributed by atoms with Gasteiger partial charge in [-0.2, -0.15) is 0 Å². The Hall–Kier alpha value is -3.28. The fourth-order valence-electron chi connectivity index (χ4n) is 3.68. The van der Waals surface area contributed by atoms with Crippen LogP contribution >= 0.6 is 0 Å². The zero-order chi connectivity index (χ0) is 19.1. The molecule has 0 bridgehead atoms. The number of Topliss-reactive ketones (excluding diaryl/α,β-unsaturated/α-hetero) is 1. The largest absolute Gasteiger partial charge is 0.497 e. The summed E-state index contributed by atoms with van der Waals surface area (Å²) in [6.07, 6.45) is 0.627. The number of amidine groups is 1. The van der Waals surface area contributed by atoms with Gasteiger partial charge in [-0.1, -0.05) is 18.2 Å². The number of hydrogen-bond acceptors (Lipinski definition) is 5. The maximum absolute atomic E-state index is 13.0. The highest BCUT2D eigenvalue weighted by atomic mass is 16.5. The minimum Gasteiger partial charge on any atom is -0.497 e. The molecule has 1 atom stereocenters. The molecule has 0 radical (unpaired) electrons. The number of allylic oxidation sites excluding steroid dienone is 1. The summed E-state index contributed by atoms with van der Waals surface area (Å²) in [5.41, 5.74) is 4.06. The van der Waals surface area contributed by atoms with Gasteiger partial charge >= 0.3 is 0 Å². The molecule has 2 N–H and O–H groups in total. The highest BCUT2D eigenvalue weighted by Gasteiger charge is 2.41. The molecule has 0 amide bonds. The molecular formula is C21H21N3O3. The Morgan fingerprint density at radius 2 is 1.78 bits per heavy atom. The van der Waals surface area contributed by atoms with E-state index in [0.29, 0.717) is 29.2 Å². The van der Waals surface area contributed by atoms with Gasteiger partial charge in [0.25, 0.3) is 0 Å². The summed E-state index contributed by atoms with van der Waals surface area (Å²) in [6.45, 7) is 1.82. The van der Waals surface area contributed by atoms with Crippen LogP contribution in [-0.4, -0.2) is 31.9 Å². The first-order valence-corrected chi connectivity index (χ1v) is 8.77. The standard InChI is InChI=1S/C21H21N3O3/c1-12-20(25)19(18-8-13-6-4-5-7-17(13)23-18)21(22)24(12)14-9-15(26-2)11-16(10-14)27-3/h4-7,9-12,22-23H,8H2,1-3H3/t12-/m0/s1. The molecule has 2 aromatic rings. The van der Waals surface area contributed by atoms with Crippen LogP contribution < -0.4 is 19.7 Å². The maximum atomic E-state index is 13.0. The van der Waals surface area contributed by atoms with Gasteiger partial charge in [-0.25, -0.2) is 0 Å². The van der Waals surface area contributed by atoms with Crippen molar-refractivity contribution in [1.82, 2.24) is 0 Å². The van der Waals surface area contributed by atoms with Crippen LogP contribution in [0.5, 0.6) is 11.5 Å². The van der Waals surface area contributed by atoms with Crippen molar-refractivity contribution in [3.63, 3.8) is 0 Å². The summed E-state index contributed by atoms with van der Waals surface area (Å²) in [4.78, 5) is 14.7. The third-order valence-corrected chi connectivity index (χ3v) is 5.08. The Morgan fingerprint density at radius 1 is 1.11 bits per heavy atom. The number of ketones is 1. The summed E-state index contributed by atoms with van der Waals surface area (Å²) in [7, 11) is 3.16.